The summed E-state index contributed by atoms with van der Waals surface area (Å²) in [5.74, 6) is 1.04. The van der Waals surface area contributed by atoms with Crippen LogP contribution in [0, 0.1) is 13.8 Å². The molecule has 0 radical (unpaired) electrons. The molecule has 102 valence electrons. The first-order valence-corrected chi connectivity index (χ1v) is 7.59. The topological polar surface area (TPSA) is 32.3 Å². The van der Waals surface area contributed by atoms with E-state index in [2.05, 4.69) is 44.3 Å². The van der Waals surface area contributed by atoms with Crippen LogP contribution in [0.1, 0.15) is 36.1 Å². The Morgan fingerprint density at radius 2 is 1.83 bits per heavy atom. The fourth-order valence-electron chi connectivity index (χ4n) is 2.08. The highest BCUT2D eigenvalue weighted by molar-refractivity contribution is 7.99. The summed E-state index contributed by atoms with van der Waals surface area (Å²) < 4.78 is 0. The average Bonchev–Trinajstić information content (AvgIpc) is 2.29. The number of aliphatic hydroxyl groups is 1. The minimum absolute atomic E-state index is 0.280. The molecule has 2 atom stereocenters. The molecule has 18 heavy (non-hydrogen) atoms. The molecule has 2 N–H and O–H groups in total. The van der Waals surface area contributed by atoms with Gasteiger partial charge in [-0.25, -0.2) is 0 Å². The Morgan fingerprint density at radius 1 is 1.22 bits per heavy atom. The lowest BCUT2D eigenvalue weighted by molar-refractivity contribution is 0.289. The first kappa shape index (κ1) is 15.5. The van der Waals surface area contributed by atoms with Gasteiger partial charge in [-0.15, -0.1) is 0 Å². The summed E-state index contributed by atoms with van der Waals surface area (Å²) in [5.41, 5.74) is 4.00. The Kier molecular flexibility index (Phi) is 6.76. The van der Waals surface area contributed by atoms with Gasteiger partial charge in [-0.2, -0.15) is 11.8 Å². The average molecular weight is 267 g/mol. The SMILES string of the molecule is CNC(CSC(C)CCO)c1cc(C)cc(C)c1. The minimum Gasteiger partial charge on any atom is -0.396 e. The molecule has 0 spiro atoms. The third kappa shape index (κ3) is 5.01. The van der Waals surface area contributed by atoms with E-state index in [1.54, 1.807) is 0 Å². The lowest BCUT2D eigenvalue weighted by Gasteiger charge is -2.19. The Labute approximate surface area is 115 Å². The van der Waals surface area contributed by atoms with Crippen molar-refractivity contribution >= 4 is 11.8 Å². The number of aryl methyl sites for hydroxylation is 2. The monoisotopic (exact) mass is 267 g/mol. The molecule has 0 saturated heterocycles. The van der Waals surface area contributed by atoms with Crippen LogP contribution in [0.4, 0.5) is 0 Å². The van der Waals surface area contributed by atoms with Crippen LogP contribution < -0.4 is 5.32 Å². The molecule has 0 aliphatic rings. The van der Waals surface area contributed by atoms with Crippen molar-refractivity contribution in [1.29, 1.82) is 0 Å². The zero-order chi connectivity index (χ0) is 13.5. The van der Waals surface area contributed by atoms with Gasteiger partial charge in [0, 0.05) is 23.7 Å². The first-order valence-electron chi connectivity index (χ1n) is 6.54. The lowest BCUT2D eigenvalue weighted by atomic mass is 10.0. The van der Waals surface area contributed by atoms with Gasteiger partial charge in [0.1, 0.15) is 0 Å². The molecule has 0 heterocycles. The smallest absolute Gasteiger partial charge is 0.0441 e. The number of thioether (sulfide) groups is 1. The predicted octanol–water partition coefficient (Wildman–Crippen LogP) is 3.07. The molecule has 2 nitrogen and oxygen atoms in total. The molecule has 0 bridgehead atoms. The summed E-state index contributed by atoms with van der Waals surface area (Å²) in [7, 11) is 2.01. The van der Waals surface area contributed by atoms with E-state index in [1.165, 1.54) is 16.7 Å². The molecule has 0 saturated carbocycles. The van der Waals surface area contributed by atoms with Gasteiger partial charge in [0.25, 0.3) is 0 Å². The molecule has 2 unspecified atom stereocenters. The van der Waals surface area contributed by atoms with Crippen LogP contribution in [0.25, 0.3) is 0 Å². The Balaban J connectivity index is 2.65. The minimum atomic E-state index is 0.280. The summed E-state index contributed by atoms with van der Waals surface area (Å²) in [6.45, 7) is 6.74. The van der Waals surface area contributed by atoms with Crippen LogP contribution in [0.3, 0.4) is 0 Å². The van der Waals surface area contributed by atoms with Crippen LogP contribution in [0.5, 0.6) is 0 Å². The van der Waals surface area contributed by atoms with Gasteiger partial charge in [0.15, 0.2) is 0 Å². The Bertz CT molecular complexity index is 347. The highest BCUT2D eigenvalue weighted by atomic mass is 32.2. The predicted molar refractivity (Wildman–Crippen MR) is 81.3 cm³/mol. The number of rotatable bonds is 7. The van der Waals surface area contributed by atoms with E-state index in [4.69, 9.17) is 5.11 Å². The van der Waals surface area contributed by atoms with Gasteiger partial charge >= 0.3 is 0 Å². The van der Waals surface area contributed by atoms with Gasteiger partial charge in [-0.05, 0) is 32.9 Å². The zero-order valence-electron chi connectivity index (χ0n) is 11.9. The molecule has 0 aliphatic heterocycles. The fraction of sp³-hybridized carbons (Fsp3) is 0.600. The summed E-state index contributed by atoms with van der Waals surface area (Å²) in [6, 6.07) is 7.10. The van der Waals surface area contributed by atoms with Crippen LogP contribution in [0.2, 0.25) is 0 Å². The molecule has 1 aromatic carbocycles. The van der Waals surface area contributed by atoms with Gasteiger partial charge in [-0.1, -0.05) is 36.2 Å². The molecule has 0 fully saturated rings. The maximum Gasteiger partial charge on any atom is 0.0441 e. The fourth-order valence-corrected chi connectivity index (χ4v) is 3.24. The maximum absolute atomic E-state index is 8.92. The van der Waals surface area contributed by atoms with Crippen LogP contribution in [0.15, 0.2) is 18.2 Å². The third-order valence-corrected chi connectivity index (χ3v) is 4.41. The van der Waals surface area contributed by atoms with E-state index in [0.29, 0.717) is 11.3 Å². The summed E-state index contributed by atoms with van der Waals surface area (Å²) in [6.07, 6.45) is 0.869. The summed E-state index contributed by atoms with van der Waals surface area (Å²) in [5, 5.41) is 12.8. The van der Waals surface area contributed by atoms with E-state index in [0.717, 1.165) is 12.2 Å². The summed E-state index contributed by atoms with van der Waals surface area (Å²) >= 11 is 1.92. The molecule has 1 aromatic rings. The molecule has 1 rings (SSSR count). The normalized spacial score (nSPS) is 14.5. The largest absolute Gasteiger partial charge is 0.396 e. The van der Waals surface area contributed by atoms with Crippen molar-refractivity contribution in [3.05, 3.63) is 34.9 Å². The second-order valence-electron chi connectivity index (χ2n) is 4.92. The van der Waals surface area contributed by atoms with Crippen molar-refractivity contribution in [3.63, 3.8) is 0 Å². The van der Waals surface area contributed by atoms with Crippen LogP contribution >= 0.6 is 11.8 Å². The molecule has 3 heteroatoms. The number of nitrogens with one attached hydrogen (secondary N) is 1. The maximum atomic E-state index is 8.92. The van der Waals surface area contributed by atoms with Crippen molar-refractivity contribution in [2.75, 3.05) is 19.4 Å². The van der Waals surface area contributed by atoms with Gasteiger partial charge in [0.05, 0.1) is 0 Å². The van der Waals surface area contributed by atoms with E-state index in [9.17, 15) is 0 Å². The van der Waals surface area contributed by atoms with Crippen molar-refractivity contribution < 1.29 is 5.11 Å². The van der Waals surface area contributed by atoms with E-state index in [1.807, 2.05) is 18.8 Å². The quantitative estimate of drug-likeness (QED) is 0.796. The summed E-state index contributed by atoms with van der Waals surface area (Å²) in [4.78, 5) is 0. The molecular formula is C15H25NOS. The number of aliphatic hydroxyl groups excluding tert-OH is 1. The third-order valence-electron chi connectivity index (χ3n) is 3.08. The number of hydrogen-bond donors (Lipinski definition) is 2. The van der Waals surface area contributed by atoms with Crippen molar-refractivity contribution in [1.82, 2.24) is 5.32 Å². The Hall–Kier alpha value is -0.510. The first-order chi connectivity index (χ1) is 8.56. The number of benzene rings is 1. The van der Waals surface area contributed by atoms with Crippen LogP contribution in [-0.4, -0.2) is 29.8 Å². The standard InChI is InChI=1S/C15H25NOS/c1-11-7-12(2)9-14(8-11)15(16-4)10-18-13(3)5-6-17/h7-9,13,15-17H,5-6,10H2,1-4H3. The highest BCUT2D eigenvalue weighted by Gasteiger charge is 2.12. The lowest BCUT2D eigenvalue weighted by Crippen LogP contribution is -2.20. The van der Waals surface area contributed by atoms with E-state index < -0.39 is 0 Å². The van der Waals surface area contributed by atoms with Crippen molar-refractivity contribution in [3.8, 4) is 0 Å². The Morgan fingerprint density at radius 3 is 2.33 bits per heavy atom. The van der Waals surface area contributed by atoms with Gasteiger partial charge in [0.2, 0.25) is 0 Å². The van der Waals surface area contributed by atoms with Crippen molar-refractivity contribution in [2.24, 2.45) is 0 Å². The molecule has 0 aromatic heterocycles. The zero-order valence-corrected chi connectivity index (χ0v) is 12.7. The van der Waals surface area contributed by atoms with Gasteiger partial charge in [-0.3, -0.25) is 0 Å². The van der Waals surface area contributed by atoms with Crippen LogP contribution in [-0.2, 0) is 0 Å². The molecule has 0 aliphatic carbocycles. The van der Waals surface area contributed by atoms with E-state index >= 15 is 0 Å². The second-order valence-corrected chi connectivity index (χ2v) is 6.39. The van der Waals surface area contributed by atoms with E-state index in [-0.39, 0.29) is 6.61 Å². The molecular weight excluding hydrogens is 242 g/mol. The number of hydrogen-bond acceptors (Lipinski definition) is 3. The van der Waals surface area contributed by atoms with Gasteiger partial charge < -0.3 is 10.4 Å². The second kappa shape index (κ2) is 7.82. The highest BCUT2D eigenvalue weighted by Crippen LogP contribution is 2.24. The van der Waals surface area contributed by atoms with Crippen molar-refractivity contribution in [2.45, 2.75) is 38.5 Å². The molecule has 0 amide bonds.